The van der Waals surface area contributed by atoms with E-state index in [1.54, 1.807) is 0 Å². The monoisotopic (exact) mass is 926 g/mol. The molecule has 8 unspecified atom stereocenters. The smallest absolute Gasteiger partial charge is 0.0778 e. The van der Waals surface area contributed by atoms with Gasteiger partial charge in [-0.05, 0) is 118 Å². The predicted octanol–water partition coefficient (Wildman–Crippen LogP) is 13.7. The highest BCUT2D eigenvalue weighted by molar-refractivity contribution is 6.35. The van der Waals surface area contributed by atoms with E-state index >= 15 is 0 Å². The molecule has 4 nitrogen and oxygen atoms in total. The molecule has 0 saturated heterocycles. The third-order valence-corrected chi connectivity index (χ3v) is 18.8. The second-order valence-corrected chi connectivity index (χ2v) is 22.3. The molecule has 4 heterocycles. The van der Waals surface area contributed by atoms with Crippen molar-refractivity contribution < 1.29 is 0 Å². The van der Waals surface area contributed by atoms with E-state index in [2.05, 4.69) is 180 Å². The van der Waals surface area contributed by atoms with Crippen molar-refractivity contribution in [2.75, 3.05) is 0 Å². The molecular weight excluding hydrogens is 873 g/mol. The summed E-state index contributed by atoms with van der Waals surface area (Å²) in [7, 11) is 0. The minimum Gasteiger partial charge on any atom is -0.354 e. The van der Waals surface area contributed by atoms with Gasteiger partial charge in [-0.25, -0.2) is 9.98 Å². The molecule has 0 fully saturated rings. The molecule has 0 spiro atoms. The van der Waals surface area contributed by atoms with Gasteiger partial charge in [-0.3, -0.25) is 0 Å². The number of H-pyrrole nitrogens is 2. The average Bonchev–Trinajstić information content (AvgIpc) is 4.27. The number of nitrogens with zero attached hydrogens (tertiary/aromatic N) is 2. The summed E-state index contributed by atoms with van der Waals surface area (Å²) in [6.07, 6.45) is 29.4. The van der Waals surface area contributed by atoms with Gasteiger partial charge in [-0.2, -0.15) is 0 Å². The molecule has 16 bridgehead atoms. The van der Waals surface area contributed by atoms with Crippen LogP contribution in [0.5, 0.6) is 0 Å². The zero-order valence-electron chi connectivity index (χ0n) is 40.3. The highest BCUT2D eigenvalue weighted by Gasteiger charge is 2.47. The Hall–Kier alpha value is -7.56. The average molecular weight is 927 g/mol. The van der Waals surface area contributed by atoms with Crippen molar-refractivity contribution in [2.45, 2.75) is 75.0 Å². The van der Waals surface area contributed by atoms with Crippen molar-refractivity contribution in [1.82, 2.24) is 9.97 Å². The Morgan fingerprint density at radius 2 is 0.583 bits per heavy atom. The number of allylic oxidation sites excluding steroid dienone is 12. The van der Waals surface area contributed by atoms with Crippen molar-refractivity contribution in [3.05, 3.63) is 270 Å². The van der Waals surface area contributed by atoms with Gasteiger partial charge in [-0.1, -0.05) is 170 Å². The van der Waals surface area contributed by atoms with Crippen molar-refractivity contribution in [3.8, 4) is 0 Å². The molecule has 346 valence electrons. The molecule has 0 amide bonds. The first-order valence-electron chi connectivity index (χ1n) is 27.1. The lowest BCUT2D eigenvalue weighted by molar-refractivity contribution is 0.502. The Labute approximate surface area is 420 Å². The van der Waals surface area contributed by atoms with Gasteiger partial charge >= 0.3 is 0 Å². The molecule has 72 heavy (non-hydrogen) atoms. The summed E-state index contributed by atoms with van der Waals surface area (Å²) in [6, 6.07) is 45.3. The molecule has 2 aliphatic heterocycles. The van der Waals surface area contributed by atoms with E-state index in [1.807, 2.05) is 0 Å². The van der Waals surface area contributed by atoms with Crippen LogP contribution in [-0.2, 0) is 0 Å². The molecule has 8 atom stereocenters. The maximum absolute atomic E-state index is 6.30. The van der Waals surface area contributed by atoms with Crippen LogP contribution in [-0.4, -0.2) is 21.4 Å². The molecule has 15 aliphatic rings. The molecule has 2 aromatic heterocycles. The number of benzene rings is 4. The fourth-order valence-corrected chi connectivity index (χ4v) is 15.8. The molecule has 0 saturated carbocycles. The van der Waals surface area contributed by atoms with Gasteiger partial charge in [0.2, 0.25) is 0 Å². The van der Waals surface area contributed by atoms with Crippen LogP contribution in [0.15, 0.2) is 214 Å². The van der Waals surface area contributed by atoms with Gasteiger partial charge < -0.3 is 9.97 Å². The fourth-order valence-electron chi connectivity index (χ4n) is 15.8. The van der Waals surface area contributed by atoms with Crippen LogP contribution in [0, 0.1) is 23.7 Å². The molecule has 0 radical (unpaired) electrons. The number of hydrogen-bond acceptors (Lipinski definition) is 2. The van der Waals surface area contributed by atoms with Crippen molar-refractivity contribution in [1.29, 1.82) is 0 Å². The van der Waals surface area contributed by atoms with Crippen LogP contribution in [0.25, 0.3) is 22.3 Å². The molecule has 13 aliphatic carbocycles. The first kappa shape index (κ1) is 40.1. The topological polar surface area (TPSA) is 56.3 Å². The summed E-state index contributed by atoms with van der Waals surface area (Å²) in [5, 5.41) is 2.48. The Morgan fingerprint density at radius 1 is 0.292 bits per heavy atom. The van der Waals surface area contributed by atoms with E-state index < -0.39 is 0 Å². The molecule has 4 aromatic carbocycles. The predicted molar refractivity (Wildman–Crippen MR) is 291 cm³/mol. The SMILES string of the molecule is C1=CC2CCC1C1=C2C2=C(c3ccccc3)c3[nH]c(c4c3C3C=CC4CC3)C(c3ccccc3)=C3N=C(C4=C3C3C=CC4CC3)C(c3ccccc3)=c3[nH]c(c4c3C3C=CC4CC3)=C(c3ccccc3)C1=N2. The van der Waals surface area contributed by atoms with Crippen LogP contribution in [0.4, 0.5) is 0 Å². The van der Waals surface area contributed by atoms with Gasteiger partial charge in [0.25, 0.3) is 0 Å². The number of rotatable bonds is 4. The van der Waals surface area contributed by atoms with Gasteiger partial charge in [0, 0.05) is 69.6 Å². The summed E-state index contributed by atoms with van der Waals surface area (Å²) in [6.45, 7) is 0. The highest BCUT2D eigenvalue weighted by Crippen LogP contribution is 2.58. The van der Waals surface area contributed by atoms with Crippen LogP contribution in [0.2, 0.25) is 0 Å². The Morgan fingerprint density at radius 3 is 0.917 bits per heavy atom. The zero-order chi connectivity index (χ0) is 46.8. The van der Waals surface area contributed by atoms with Crippen molar-refractivity contribution >= 4 is 33.7 Å². The van der Waals surface area contributed by atoms with E-state index in [-0.39, 0.29) is 0 Å². The van der Waals surface area contributed by atoms with Crippen LogP contribution >= 0.6 is 0 Å². The number of nitrogens with one attached hydrogen (secondary N) is 2. The van der Waals surface area contributed by atoms with Crippen LogP contribution < -0.4 is 10.7 Å². The zero-order valence-corrected chi connectivity index (χ0v) is 40.3. The first-order chi connectivity index (χ1) is 35.7. The fraction of sp³-hybridized carbons (Fsp3) is 0.235. The maximum atomic E-state index is 6.30. The van der Waals surface area contributed by atoms with Gasteiger partial charge in [0.05, 0.1) is 44.9 Å². The summed E-state index contributed by atoms with van der Waals surface area (Å²) in [5.41, 5.74) is 28.5. The second-order valence-electron chi connectivity index (χ2n) is 22.3. The van der Waals surface area contributed by atoms with Crippen molar-refractivity contribution in [2.24, 2.45) is 33.7 Å². The van der Waals surface area contributed by atoms with E-state index in [0.29, 0.717) is 47.3 Å². The van der Waals surface area contributed by atoms with Gasteiger partial charge in [0.1, 0.15) is 0 Å². The van der Waals surface area contributed by atoms with E-state index in [1.165, 1.54) is 111 Å². The van der Waals surface area contributed by atoms with E-state index in [9.17, 15) is 0 Å². The minimum absolute atomic E-state index is 0.291. The Balaban J connectivity index is 1.14. The Kier molecular flexibility index (Phi) is 8.35. The largest absolute Gasteiger partial charge is 0.354 e. The summed E-state index contributed by atoms with van der Waals surface area (Å²) < 4.78 is 0. The van der Waals surface area contributed by atoms with Crippen molar-refractivity contribution in [3.63, 3.8) is 0 Å². The van der Waals surface area contributed by atoms with Gasteiger partial charge in [0.15, 0.2) is 0 Å². The summed E-state index contributed by atoms with van der Waals surface area (Å²) in [4.78, 5) is 21.5. The van der Waals surface area contributed by atoms with Crippen LogP contribution in [0.3, 0.4) is 0 Å². The number of aliphatic imine (C=N–C) groups is 2. The molecule has 6 aromatic rings. The number of hydrogen-bond donors (Lipinski definition) is 2. The van der Waals surface area contributed by atoms with Crippen LogP contribution in [0.1, 0.15) is 131 Å². The number of aromatic nitrogens is 2. The minimum atomic E-state index is 0.291. The number of fused-ring (bicyclic) bond motifs is 4. The lowest BCUT2D eigenvalue weighted by atomic mass is 9.67. The second kappa shape index (κ2) is 15.0. The normalized spacial score (nSPS) is 28.3. The summed E-state index contributed by atoms with van der Waals surface area (Å²) in [5.74, 6) is 2.37. The summed E-state index contributed by atoms with van der Waals surface area (Å²) >= 11 is 0. The third kappa shape index (κ3) is 5.43. The maximum Gasteiger partial charge on any atom is 0.0778 e. The lowest BCUT2D eigenvalue weighted by Crippen LogP contribution is -2.29. The molecule has 21 rings (SSSR count). The standard InChI is InChI=1S/C68H54N4/c1-5-13-37(14-6-1)57-61-49-41-21-25-43(26-22-41)51(49)63(69-61)58(38-15-7-2-8-16-38)65-53-45-29-33-47(34-30-45)55(53)67(71-65)60(40-19-11-4-12-20-40)68-56-48-35-31-46(32-36-48)54(56)66(72-68)59(39-17-9-3-10-18-39)64-52-44-27-23-42(24-28-44)50(52)62(57)70-64/h1-21,23,25,27,29,31,33,35,41-48,69,72H,22,24,26,28,30,32,34,36H2. The quantitative estimate of drug-likeness (QED) is 0.166. The Bertz CT molecular complexity index is 3620. The van der Waals surface area contributed by atoms with E-state index in [0.717, 1.165) is 74.2 Å². The first-order valence-corrected chi connectivity index (χ1v) is 27.1. The molecular formula is C68H54N4. The third-order valence-electron chi connectivity index (χ3n) is 18.8. The lowest BCUT2D eigenvalue weighted by Gasteiger charge is -2.35. The number of aromatic amines is 2. The highest BCUT2D eigenvalue weighted by atomic mass is 14.9. The van der Waals surface area contributed by atoms with Gasteiger partial charge in [-0.15, -0.1) is 0 Å². The molecule has 2 N–H and O–H groups in total. The molecule has 4 heteroatoms. The van der Waals surface area contributed by atoms with E-state index in [4.69, 9.17) is 9.98 Å².